The van der Waals surface area contributed by atoms with Gasteiger partial charge in [0.15, 0.2) is 0 Å². The van der Waals surface area contributed by atoms with Gasteiger partial charge < -0.3 is 10.1 Å². The molecular weight excluding hydrogens is 364 g/mol. The normalized spacial score (nSPS) is 11.4. The Hall–Kier alpha value is -2.38. The van der Waals surface area contributed by atoms with Crippen molar-refractivity contribution in [2.24, 2.45) is 0 Å². The first-order chi connectivity index (χ1) is 12.8. The van der Waals surface area contributed by atoms with E-state index in [0.29, 0.717) is 12.3 Å². The molecule has 2 rings (SSSR count). The van der Waals surface area contributed by atoms with Gasteiger partial charge in [-0.1, -0.05) is 48.0 Å². The van der Waals surface area contributed by atoms with Crippen LogP contribution in [0.25, 0.3) is 0 Å². The number of para-hydroxylation sites is 1. The molecule has 146 valence electrons. The Kier molecular flexibility index (Phi) is 7.38. The maximum Gasteiger partial charge on any atom is 0.221 e. The van der Waals surface area contributed by atoms with Gasteiger partial charge in [-0.2, -0.15) is 4.31 Å². The van der Waals surface area contributed by atoms with Crippen molar-refractivity contribution < 1.29 is 17.9 Å². The quantitative estimate of drug-likeness (QED) is 0.714. The van der Waals surface area contributed by atoms with E-state index < -0.39 is 10.0 Å². The number of rotatable bonds is 9. The lowest BCUT2D eigenvalue weighted by Crippen LogP contribution is -2.34. The lowest BCUT2D eigenvalue weighted by Gasteiger charge is -2.21. The van der Waals surface area contributed by atoms with Gasteiger partial charge in [0.25, 0.3) is 0 Å². The van der Waals surface area contributed by atoms with Gasteiger partial charge in [-0.05, 0) is 18.6 Å². The van der Waals surface area contributed by atoms with Gasteiger partial charge in [-0.3, -0.25) is 4.79 Å². The summed E-state index contributed by atoms with van der Waals surface area (Å²) in [7, 11) is -1.91. The zero-order chi connectivity index (χ0) is 19.9. The third-order valence-electron chi connectivity index (χ3n) is 4.17. The Labute approximate surface area is 161 Å². The van der Waals surface area contributed by atoms with Crippen molar-refractivity contribution in [1.29, 1.82) is 0 Å². The summed E-state index contributed by atoms with van der Waals surface area (Å²) in [5.41, 5.74) is 2.89. The Bertz CT molecular complexity index is 881. The summed E-state index contributed by atoms with van der Waals surface area (Å²) < 4.78 is 30.8. The Morgan fingerprint density at radius 2 is 1.89 bits per heavy atom. The van der Waals surface area contributed by atoms with E-state index in [9.17, 15) is 13.2 Å². The SMILES string of the molecule is COc1ccccc1CN(CCC(=O)NCc1cccc(C)c1)S(C)(=O)=O. The summed E-state index contributed by atoms with van der Waals surface area (Å²) in [4.78, 5) is 12.2. The molecule has 0 aliphatic carbocycles. The molecule has 27 heavy (non-hydrogen) atoms. The molecule has 0 radical (unpaired) electrons. The maximum absolute atomic E-state index is 12.2. The highest BCUT2D eigenvalue weighted by Gasteiger charge is 2.19. The second kappa shape index (κ2) is 9.53. The molecule has 2 aromatic carbocycles. The second-order valence-electron chi connectivity index (χ2n) is 6.42. The van der Waals surface area contributed by atoms with Crippen LogP contribution in [0, 0.1) is 6.92 Å². The average Bonchev–Trinajstić information content (AvgIpc) is 2.62. The van der Waals surface area contributed by atoms with Crippen LogP contribution >= 0.6 is 0 Å². The van der Waals surface area contributed by atoms with Gasteiger partial charge in [0, 0.05) is 31.6 Å². The van der Waals surface area contributed by atoms with Crippen molar-refractivity contribution >= 4 is 15.9 Å². The summed E-state index contributed by atoms with van der Waals surface area (Å²) in [5.74, 6) is 0.431. The van der Waals surface area contributed by atoms with Crippen LogP contribution in [0.3, 0.4) is 0 Å². The fourth-order valence-corrected chi connectivity index (χ4v) is 3.52. The van der Waals surface area contributed by atoms with E-state index in [0.717, 1.165) is 22.9 Å². The van der Waals surface area contributed by atoms with Gasteiger partial charge >= 0.3 is 0 Å². The molecule has 1 amide bonds. The lowest BCUT2D eigenvalue weighted by atomic mass is 10.1. The van der Waals surface area contributed by atoms with E-state index in [1.165, 1.54) is 4.31 Å². The molecule has 0 aromatic heterocycles. The molecule has 1 N–H and O–H groups in total. The fraction of sp³-hybridized carbons (Fsp3) is 0.350. The first kappa shape index (κ1) is 20.9. The monoisotopic (exact) mass is 390 g/mol. The zero-order valence-electron chi connectivity index (χ0n) is 15.9. The van der Waals surface area contributed by atoms with Crippen LogP contribution in [-0.4, -0.2) is 38.5 Å². The van der Waals surface area contributed by atoms with Crippen LogP contribution in [0.4, 0.5) is 0 Å². The summed E-state index contributed by atoms with van der Waals surface area (Å²) >= 11 is 0. The second-order valence-corrected chi connectivity index (χ2v) is 8.41. The molecule has 0 heterocycles. The van der Waals surface area contributed by atoms with E-state index in [1.54, 1.807) is 13.2 Å². The van der Waals surface area contributed by atoms with E-state index in [-0.39, 0.29) is 25.4 Å². The Morgan fingerprint density at radius 1 is 1.15 bits per heavy atom. The molecule has 0 bridgehead atoms. The minimum absolute atomic E-state index is 0.0913. The standard InChI is InChI=1S/C20H26N2O4S/c1-16-7-6-8-17(13-16)14-21-20(23)11-12-22(27(3,24)25)15-18-9-4-5-10-19(18)26-2/h4-10,13H,11-12,14-15H2,1-3H3,(H,21,23). The van der Waals surface area contributed by atoms with Crippen molar-refractivity contribution in [3.8, 4) is 5.75 Å². The molecule has 0 aliphatic heterocycles. The lowest BCUT2D eigenvalue weighted by molar-refractivity contribution is -0.121. The maximum atomic E-state index is 12.2. The zero-order valence-corrected chi connectivity index (χ0v) is 16.8. The largest absolute Gasteiger partial charge is 0.496 e. The number of sulfonamides is 1. The van der Waals surface area contributed by atoms with Crippen molar-refractivity contribution in [3.05, 3.63) is 65.2 Å². The van der Waals surface area contributed by atoms with Crippen LogP contribution in [-0.2, 0) is 27.9 Å². The molecule has 0 saturated carbocycles. The number of carbonyl (C=O) groups is 1. The van der Waals surface area contributed by atoms with Gasteiger partial charge in [-0.25, -0.2) is 8.42 Å². The average molecular weight is 391 g/mol. The highest BCUT2D eigenvalue weighted by molar-refractivity contribution is 7.88. The number of nitrogens with one attached hydrogen (secondary N) is 1. The number of aryl methyl sites for hydroxylation is 1. The molecule has 6 nitrogen and oxygen atoms in total. The number of benzene rings is 2. The van der Waals surface area contributed by atoms with Gasteiger partial charge in [0.1, 0.15) is 5.75 Å². The van der Waals surface area contributed by atoms with Gasteiger partial charge in [0.05, 0.1) is 13.4 Å². The van der Waals surface area contributed by atoms with Crippen LogP contribution in [0.5, 0.6) is 5.75 Å². The van der Waals surface area contributed by atoms with Crippen LogP contribution in [0.15, 0.2) is 48.5 Å². The molecule has 0 atom stereocenters. The molecular formula is C20H26N2O4S. The fourth-order valence-electron chi connectivity index (χ4n) is 2.72. The number of hydrogen-bond donors (Lipinski definition) is 1. The third-order valence-corrected chi connectivity index (χ3v) is 5.42. The highest BCUT2D eigenvalue weighted by Crippen LogP contribution is 2.20. The molecule has 0 fully saturated rings. The number of nitrogens with zero attached hydrogens (tertiary/aromatic N) is 1. The summed E-state index contributed by atoms with van der Waals surface area (Å²) in [6, 6.07) is 15.1. The Balaban J connectivity index is 1.95. The van der Waals surface area contributed by atoms with Crippen molar-refractivity contribution in [3.63, 3.8) is 0 Å². The van der Waals surface area contributed by atoms with Crippen LogP contribution in [0.2, 0.25) is 0 Å². The molecule has 2 aromatic rings. The molecule has 0 spiro atoms. The van der Waals surface area contributed by atoms with Crippen molar-refractivity contribution in [2.45, 2.75) is 26.4 Å². The third kappa shape index (κ3) is 6.69. The molecule has 0 aliphatic rings. The van der Waals surface area contributed by atoms with Crippen LogP contribution in [0.1, 0.15) is 23.1 Å². The predicted octanol–water partition coefficient (Wildman–Crippen LogP) is 2.47. The first-order valence-corrected chi connectivity index (χ1v) is 10.5. The number of methoxy groups -OCH3 is 1. The molecule has 0 saturated heterocycles. The Morgan fingerprint density at radius 3 is 2.56 bits per heavy atom. The highest BCUT2D eigenvalue weighted by atomic mass is 32.2. The van der Waals surface area contributed by atoms with Gasteiger partial charge in [-0.15, -0.1) is 0 Å². The summed E-state index contributed by atoms with van der Waals surface area (Å²) in [5, 5.41) is 2.83. The minimum atomic E-state index is -3.46. The summed E-state index contributed by atoms with van der Waals surface area (Å²) in [6.45, 7) is 2.68. The minimum Gasteiger partial charge on any atom is -0.496 e. The van der Waals surface area contributed by atoms with Crippen LogP contribution < -0.4 is 10.1 Å². The van der Waals surface area contributed by atoms with E-state index in [1.807, 2.05) is 49.4 Å². The van der Waals surface area contributed by atoms with Gasteiger partial charge in [0.2, 0.25) is 15.9 Å². The summed E-state index contributed by atoms with van der Waals surface area (Å²) in [6.07, 6.45) is 1.24. The van der Waals surface area contributed by atoms with Crippen molar-refractivity contribution in [2.75, 3.05) is 19.9 Å². The molecule has 0 unspecified atom stereocenters. The molecule has 7 heteroatoms. The van der Waals surface area contributed by atoms with E-state index in [2.05, 4.69) is 5.32 Å². The number of hydrogen-bond acceptors (Lipinski definition) is 4. The smallest absolute Gasteiger partial charge is 0.221 e. The first-order valence-electron chi connectivity index (χ1n) is 8.69. The van der Waals surface area contributed by atoms with Crippen molar-refractivity contribution in [1.82, 2.24) is 9.62 Å². The number of amides is 1. The van der Waals surface area contributed by atoms with E-state index >= 15 is 0 Å². The number of carbonyl (C=O) groups excluding carboxylic acids is 1. The van der Waals surface area contributed by atoms with E-state index in [4.69, 9.17) is 4.74 Å². The number of ether oxygens (including phenoxy) is 1. The predicted molar refractivity (Wildman–Crippen MR) is 106 cm³/mol. The topological polar surface area (TPSA) is 75.7 Å².